The molecule has 4 heteroatoms. The van der Waals surface area contributed by atoms with Crippen molar-refractivity contribution in [1.29, 1.82) is 0 Å². The molecule has 1 aromatic carbocycles. The third-order valence-corrected chi connectivity index (χ3v) is 2.53. The fourth-order valence-corrected chi connectivity index (χ4v) is 1.83. The maximum Gasteiger partial charge on any atom is 0.185 e. The first kappa shape index (κ1) is 10.2. The lowest BCUT2D eigenvalue weighted by Gasteiger charge is -2.03. The van der Waals surface area contributed by atoms with Gasteiger partial charge in [-0.3, -0.25) is 4.79 Å². The smallest absolute Gasteiger partial charge is 0.185 e. The predicted octanol–water partition coefficient (Wildman–Crippen LogP) is 2.91. The Bertz CT molecular complexity index is 505. The van der Waals surface area contributed by atoms with E-state index in [-0.39, 0.29) is 0 Å². The summed E-state index contributed by atoms with van der Waals surface area (Å²) in [4.78, 5) is 15.1. The lowest BCUT2D eigenvalue weighted by molar-refractivity contribution is 0.111. The van der Waals surface area contributed by atoms with Gasteiger partial charge in [0.1, 0.15) is 0 Å². The second kappa shape index (κ2) is 4.03. The average Bonchev–Trinajstić information content (AvgIpc) is 2.57. The van der Waals surface area contributed by atoms with Gasteiger partial charge in [-0.05, 0) is 24.6 Å². The number of benzene rings is 1. The van der Waals surface area contributed by atoms with Gasteiger partial charge in [-0.15, -0.1) is 0 Å². The molecule has 1 aromatic heterocycles. The van der Waals surface area contributed by atoms with Crippen LogP contribution in [-0.2, 0) is 6.54 Å². The monoisotopic (exact) mass is 222 g/mol. The van der Waals surface area contributed by atoms with Crippen molar-refractivity contribution in [3.8, 4) is 0 Å². The normalized spacial score (nSPS) is 10.8. The Morgan fingerprint density at radius 3 is 3.00 bits per heavy atom. The van der Waals surface area contributed by atoms with Crippen LogP contribution in [0.2, 0.25) is 5.02 Å². The van der Waals surface area contributed by atoms with Gasteiger partial charge in [0.15, 0.2) is 12.1 Å². The van der Waals surface area contributed by atoms with Crippen molar-refractivity contribution in [2.24, 2.45) is 0 Å². The van der Waals surface area contributed by atoms with Crippen LogP contribution in [0.1, 0.15) is 24.0 Å². The fourth-order valence-electron chi connectivity index (χ4n) is 1.66. The molecule has 0 aliphatic carbocycles. The summed E-state index contributed by atoms with van der Waals surface area (Å²) in [6.45, 7) is 2.84. The van der Waals surface area contributed by atoms with E-state index in [1.807, 2.05) is 16.7 Å². The van der Waals surface area contributed by atoms with Crippen LogP contribution in [0, 0.1) is 0 Å². The van der Waals surface area contributed by atoms with E-state index in [2.05, 4.69) is 11.9 Å². The second-order valence-corrected chi connectivity index (χ2v) is 3.81. The number of halogens is 1. The maximum atomic E-state index is 10.8. The Hall–Kier alpha value is -1.35. The van der Waals surface area contributed by atoms with Crippen molar-refractivity contribution in [3.05, 3.63) is 29.0 Å². The van der Waals surface area contributed by atoms with Gasteiger partial charge in [-0.1, -0.05) is 18.5 Å². The number of aromatic nitrogens is 2. The van der Waals surface area contributed by atoms with Gasteiger partial charge in [0.2, 0.25) is 0 Å². The number of carbonyl (C=O) groups is 1. The molecule has 0 saturated heterocycles. The van der Waals surface area contributed by atoms with Crippen LogP contribution in [0.15, 0.2) is 18.2 Å². The first-order chi connectivity index (χ1) is 7.26. The molecule has 0 fully saturated rings. The molecule has 0 atom stereocenters. The quantitative estimate of drug-likeness (QED) is 0.749. The molecular formula is C11H11ClN2O. The van der Waals surface area contributed by atoms with E-state index in [4.69, 9.17) is 11.6 Å². The summed E-state index contributed by atoms with van der Waals surface area (Å²) >= 11 is 5.91. The third kappa shape index (κ3) is 1.75. The number of nitrogens with zero attached hydrogens (tertiary/aromatic N) is 2. The molecule has 0 amide bonds. The van der Waals surface area contributed by atoms with Crippen LogP contribution in [0.5, 0.6) is 0 Å². The van der Waals surface area contributed by atoms with Gasteiger partial charge in [-0.2, -0.15) is 0 Å². The summed E-state index contributed by atoms with van der Waals surface area (Å²) in [6, 6.07) is 5.45. The third-order valence-electron chi connectivity index (χ3n) is 2.29. The molecular weight excluding hydrogens is 212 g/mol. The molecule has 0 aliphatic rings. The topological polar surface area (TPSA) is 34.9 Å². The summed E-state index contributed by atoms with van der Waals surface area (Å²) in [5.74, 6) is 0.467. The van der Waals surface area contributed by atoms with Crippen LogP contribution >= 0.6 is 11.6 Å². The van der Waals surface area contributed by atoms with E-state index in [0.717, 1.165) is 30.3 Å². The molecule has 1 heterocycles. The number of rotatable bonds is 3. The molecule has 0 aliphatic heterocycles. The average molecular weight is 223 g/mol. The number of hydrogen-bond acceptors (Lipinski definition) is 2. The molecule has 78 valence electrons. The van der Waals surface area contributed by atoms with Gasteiger partial charge >= 0.3 is 0 Å². The zero-order chi connectivity index (χ0) is 10.8. The Morgan fingerprint density at radius 2 is 2.33 bits per heavy atom. The number of imidazole rings is 1. The number of fused-ring (bicyclic) bond motifs is 1. The van der Waals surface area contributed by atoms with Gasteiger partial charge in [0, 0.05) is 11.6 Å². The largest absolute Gasteiger partial charge is 0.322 e. The summed E-state index contributed by atoms with van der Waals surface area (Å²) in [6.07, 6.45) is 1.74. The van der Waals surface area contributed by atoms with Crippen molar-refractivity contribution in [3.63, 3.8) is 0 Å². The molecule has 2 rings (SSSR count). The van der Waals surface area contributed by atoms with Gasteiger partial charge in [-0.25, -0.2) is 4.98 Å². The second-order valence-electron chi connectivity index (χ2n) is 3.37. The molecule has 0 unspecified atom stereocenters. The molecule has 2 aromatic rings. The highest BCUT2D eigenvalue weighted by atomic mass is 35.5. The zero-order valence-electron chi connectivity index (χ0n) is 8.40. The van der Waals surface area contributed by atoms with Crippen LogP contribution in [0.4, 0.5) is 0 Å². The molecule has 0 saturated carbocycles. The van der Waals surface area contributed by atoms with Crippen molar-refractivity contribution >= 4 is 28.9 Å². The van der Waals surface area contributed by atoms with Crippen LogP contribution in [-0.4, -0.2) is 15.8 Å². The predicted molar refractivity (Wildman–Crippen MR) is 60.4 cm³/mol. The highest BCUT2D eigenvalue weighted by Crippen LogP contribution is 2.20. The SMILES string of the molecule is CCCn1c(C=O)nc2ccc(Cl)cc21. The molecule has 0 N–H and O–H groups in total. The Labute approximate surface area is 92.7 Å². The van der Waals surface area contributed by atoms with Gasteiger partial charge in [0.25, 0.3) is 0 Å². The van der Waals surface area contributed by atoms with E-state index in [0.29, 0.717) is 10.8 Å². The van der Waals surface area contributed by atoms with Gasteiger partial charge in [0.05, 0.1) is 11.0 Å². The Morgan fingerprint density at radius 1 is 1.53 bits per heavy atom. The summed E-state index contributed by atoms with van der Waals surface area (Å²) in [5.41, 5.74) is 1.74. The fraction of sp³-hybridized carbons (Fsp3) is 0.273. The minimum absolute atomic E-state index is 0.467. The molecule has 15 heavy (non-hydrogen) atoms. The number of aldehydes is 1. The lowest BCUT2D eigenvalue weighted by atomic mass is 10.3. The van der Waals surface area contributed by atoms with E-state index >= 15 is 0 Å². The van der Waals surface area contributed by atoms with Crippen molar-refractivity contribution in [2.75, 3.05) is 0 Å². The van der Waals surface area contributed by atoms with Crippen molar-refractivity contribution in [1.82, 2.24) is 9.55 Å². The molecule has 0 bridgehead atoms. The van der Waals surface area contributed by atoms with Crippen LogP contribution < -0.4 is 0 Å². The summed E-state index contributed by atoms with van der Waals surface area (Å²) in [7, 11) is 0. The van der Waals surface area contributed by atoms with Crippen molar-refractivity contribution < 1.29 is 4.79 Å². The Kier molecular flexibility index (Phi) is 2.73. The van der Waals surface area contributed by atoms with E-state index in [9.17, 15) is 4.79 Å². The number of hydrogen-bond donors (Lipinski definition) is 0. The molecule has 0 radical (unpaired) electrons. The van der Waals surface area contributed by atoms with E-state index in [1.54, 1.807) is 6.07 Å². The lowest BCUT2D eigenvalue weighted by Crippen LogP contribution is -2.01. The maximum absolute atomic E-state index is 10.8. The first-order valence-electron chi connectivity index (χ1n) is 4.87. The summed E-state index contributed by atoms with van der Waals surface area (Å²) < 4.78 is 1.90. The van der Waals surface area contributed by atoms with Crippen LogP contribution in [0.25, 0.3) is 11.0 Å². The number of carbonyl (C=O) groups excluding carboxylic acids is 1. The first-order valence-corrected chi connectivity index (χ1v) is 5.25. The van der Waals surface area contributed by atoms with E-state index < -0.39 is 0 Å². The molecule has 0 spiro atoms. The van der Waals surface area contributed by atoms with Crippen molar-refractivity contribution in [2.45, 2.75) is 19.9 Å². The highest BCUT2D eigenvalue weighted by molar-refractivity contribution is 6.31. The Balaban J connectivity index is 2.70. The van der Waals surface area contributed by atoms with E-state index in [1.165, 1.54) is 0 Å². The minimum atomic E-state index is 0.467. The van der Waals surface area contributed by atoms with Crippen LogP contribution in [0.3, 0.4) is 0 Å². The standard InChI is InChI=1S/C11H11ClN2O/c1-2-5-14-10-6-8(12)3-4-9(10)13-11(14)7-15/h3-4,6-7H,2,5H2,1H3. The summed E-state index contributed by atoms with van der Waals surface area (Å²) in [5, 5.41) is 0.664. The molecule has 3 nitrogen and oxygen atoms in total. The zero-order valence-corrected chi connectivity index (χ0v) is 9.16. The van der Waals surface area contributed by atoms with Gasteiger partial charge < -0.3 is 4.57 Å². The highest BCUT2D eigenvalue weighted by Gasteiger charge is 2.09. The number of aryl methyl sites for hydroxylation is 1. The minimum Gasteiger partial charge on any atom is -0.322 e.